The number of fused-ring (bicyclic) bond motifs is 1. The summed E-state index contributed by atoms with van der Waals surface area (Å²) in [5.74, 6) is -0.989. The van der Waals surface area contributed by atoms with E-state index in [1.807, 2.05) is 0 Å². The van der Waals surface area contributed by atoms with E-state index in [0.717, 1.165) is 19.2 Å². The van der Waals surface area contributed by atoms with Gasteiger partial charge in [0, 0.05) is 18.1 Å². The van der Waals surface area contributed by atoms with Gasteiger partial charge in [-0.1, -0.05) is 0 Å². The molecule has 0 saturated heterocycles. The van der Waals surface area contributed by atoms with Crippen LogP contribution in [0.5, 0.6) is 0 Å². The molecule has 2 amide bonds. The lowest BCUT2D eigenvalue weighted by molar-refractivity contribution is -0.137. The number of sulfonamides is 1. The van der Waals surface area contributed by atoms with Crippen LogP contribution < -0.4 is 5.32 Å². The zero-order chi connectivity index (χ0) is 21.6. The van der Waals surface area contributed by atoms with Crippen molar-refractivity contribution in [3.8, 4) is 5.69 Å². The zero-order valence-corrected chi connectivity index (χ0v) is 15.9. The predicted octanol–water partition coefficient (Wildman–Crippen LogP) is 2.26. The third-order valence-corrected chi connectivity index (χ3v) is 5.05. The van der Waals surface area contributed by atoms with Gasteiger partial charge in [0.15, 0.2) is 0 Å². The van der Waals surface area contributed by atoms with Crippen molar-refractivity contribution >= 4 is 27.7 Å². The Bertz CT molecular complexity index is 1070. The van der Waals surface area contributed by atoms with E-state index >= 15 is 0 Å². The molecule has 1 aromatic heterocycles. The average Bonchev–Trinajstić information content (AvgIpc) is 3.15. The fourth-order valence-corrected chi connectivity index (χ4v) is 3.69. The zero-order valence-electron chi connectivity index (χ0n) is 15.1. The van der Waals surface area contributed by atoms with Gasteiger partial charge in [-0.15, -0.1) is 4.41 Å². The Balaban J connectivity index is 2.15. The molecular weight excluding hydrogens is 417 g/mol. The van der Waals surface area contributed by atoms with E-state index in [1.54, 1.807) is 0 Å². The number of carbonyl (C=O) groups is 2. The van der Waals surface area contributed by atoms with Gasteiger partial charge in [0.25, 0.3) is 15.9 Å². The standard InChI is InChI=1S/C16H15F3N4O5S/c1-28-15(25)23(29(2,26)27)22-9-20-12-8-11(16(17,18)19)13(7-10(12)14(22)24)21-5-3-4-6-21/h3-8,20H,9H2,1-2H3. The van der Waals surface area contributed by atoms with Crippen LogP contribution >= 0.6 is 0 Å². The molecular formula is C16H15F3N4O5S. The number of hydrazine groups is 1. The maximum Gasteiger partial charge on any atom is 0.443 e. The van der Waals surface area contributed by atoms with Crippen LogP contribution in [0.3, 0.4) is 0 Å². The summed E-state index contributed by atoms with van der Waals surface area (Å²) in [6, 6.07) is 4.77. The third kappa shape index (κ3) is 3.72. The Morgan fingerprint density at radius 1 is 1.24 bits per heavy atom. The van der Waals surface area contributed by atoms with Crippen LogP contribution in [0.1, 0.15) is 15.9 Å². The minimum Gasteiger partial charge on any atom is -0.451 e. The Kier molecular flexibility index (Phi) is 4.94. The molecule has 1 N–H and O–H groups in total. The monoisotopic (exact) mass is 432 g/mol. The molecule has 0 saturated carbocycles. The molecule has 0 unspecified atom stereocenters. The van der Waals surface area contributed by atoms with Crippen molar-refractivity contribution in [1.29, 1.82) is 0 Å². The normalized spacial score (nSPS) is 14.2. The summed E-state index contributed by atoms with van der Waals surface area (Å²) in [7, 11) is -3.33. The molecule has 2 aromatic rings. The minimum atomic E-state index is -4.71. The van der Waals surface area contributed by atoms with Crippen LogP contribution in [0, 0.1) is 0 Å². The average molecular weight is 432 g/mol. The summed E-state index contributed by atoms with van der Waals surface area (Å²) in [6.07, 6.45) is -2.63. The number of rotatable bonds is 3. The first-order valence-electron chi connectivity index (χ1n) is 7.97. The van der Waals surface area contributed by atoms with Gasteiger partial charge in [-0.25, -0.2) is 18.2 Å². The van der Waals surface area contributed by atoms with Crippen molar-refractivity contribution in [3.05, 3.63) is 47.8 Å². The topological polar surface area (TPSA) is 101 Å². The Morgan fingerprint density at radius 2 is 1.86 bits per heavy atom. The van der Waals surface area contributed by atoms with E-state index in [1.165, 1.54) is 29.1 Å². The van der Waals surface area contributed by atoms with Gasteiger partial charge >= 0.3 is 12.3 Å². The first-order valence-corrected chi connectivity index (χ1v) is 9.82. The number of hydrogen-bond donors (Lipinski definition) is 1. The number of aromatic nitrogens is 1. The highest BCUT2D eigenvalue weighted by Gasteiger charge is 2.41. The number of ether oxygens (including phenoxy) is 1. The number of carbonyl (C=O) groups excluding carboxylic acids is 2. The predicted molar refractivity (Wildman–Crippen MR) is 94.5 cm³/mol. The summed E-state index contributed by atoms with van der Waals surface area (Å²) >= 11 is 0. The lowest BCUT2D eigenvalue weighted by Crippen LogP contribution is -2.55. The van der Waals surface area contributed by atoms with Crippen molar-refractivity contribution in [3.63, 3.8) is 0 Å². The van der Waals surface area contributed by atoms with Gasteiger partial charge in [-0.05, 0) is 24.3 Å². The van der Waals surface area contributed by atoms with E-state index in [4.69, 9.17) is 0 Å². The number of methoxy groups -OCH3 is 1. The molecule has 1 aliphatic heterocycles. The fourth-order valence-electron chi connectivity index (χ4n) is 2.86. The van der Waals surface area contributed by atoms with Crippen molar-refractivity contribution in [2.45, 2.75) is 6.18 Å². The van der Waals surface area contributed by atoms with E-state index in [9.17, 15) is 31.2 Å². The molecule has 1 aromatic carbocycles. The highest BCUT2D eigenvalue weighted by Crippen LogP contribution is 2.38. The van der Waals surface area contributed by atoms with Crippen LogP contribution in [0.4, 0.5) is 23.7 Å². The number of amides is 2. The first-order chi connectivity index (χ1) is 13.4. The number of anilines is 1. The number of nitrogens with zero attached hydrogens (tertiary/aromatic N) is 3. The number of alkyl halides is 3. The number of halogens is 3. The van der Waals surface area contributed by atoms with Gasteiger partial charge in [-0.3, -0.25) is 4.79 Å². The second kappa shape index (κ2) is 6.99. The number of hydrogen-bond acceptors (Lipinski definition) is 6. The Labute approximate surface area is 163 Å². The maximum absolute atomic E-state index is 13.5. The molecule has 0 bridgehead atoms. The molecule has 29 heavy (non-hydrogen) atoms. The highest BCUT2D eigenvalue weighted by molar-refractivity contribution is 7.88. The Morgan fingerprint density at radius 3 is 2.38 bits per heavy atom. The molecule has 156 valence electrons. The molecule has 1 aliphatic rings. The highest BCUT2D eigenvalue weighted by atomic mass is 32.2. The SMILES string of the molecule is COC(=O)N(N1CNc2cc(C(F)(F)F)c(-n3cccc3)cc2C1=O)S(C)(=O)=O. The molecule has 0 atom stereocenters. The van der Waals surface area contributed by atoms with Crippen molar-refractivity contribution in [2.75, 3.05) is 25.4 Å². The largest absolute Gasteiger partial charge is 0.451 e. The van der Waals surface area contributed by atoms with Gasteiger partial charge in [0.05, 0.1) is 30.2 Å². The lowest BCUT2D eigenvalue weighted by atomic mass is 10.0. The van der Waals surface area contributed by atoms with Gasteiger partial charge in [0.1, 0.15) is 6.67 Å². The smallest absolute Gasteiger partial charge is 0.443 e. The maximum atomic E-state index is 13.5. The summed E-state index contributed by atoms with van der Waals surface area (Å²) < 4.78 is 70.3. The number of nitrogens with one attached hydrogen (secondary N) is 1. The summed E-state index contributed by atoms with van der Waals surface area (Å²) in [6.45, 7) is -0.561. The second-order valence-electron chi connectivity index (χ2n) is 6.02. The first kappa shape index (κ1) is 20.5. The van der Waals surface area contributed by atoms with E-state index in [-0.39, 0.29) is 21.4 Å². The van der Waals surface area contributed by atoms with Gasteiger partial charge in [-0.2, -0.15) is 13.2 Å². The van der Waals surface area contributed by atoms with Crippen molar-refractivity contribution < 1.29 is 35.9 Å². The Hall–Kier alpha value is -3.22. The molecule has 0 radical (unpaired) electrons. The second-order valence-corrected chi connectivity index (χ2v) is 7.83. The van der Waals surface area contributed by atoms with Crippen LogP contribution in [0.15, 0.2) is 36.7 Å². The van der Waals surface area contributed by atoms with Gasteiger partial charge < -0.3 is 14.6 Å². The summed E-state index contributed by atoms with van der Waals surface area (Å²) in [5, 5.41) is 3.08. The van der Waals surface area contributed by atoms with Crippen molar-refractivity contribution in [1.82, 2.24) is 14.0 Å². The number of benzene rings is 1. The van der Waals surface area contributed by atoms with E-state index < -0.39 is 40.4 Å². The molecule has 2 heterocycles. The lowest BCUT2D eigenvalue weighted by Gasteiger charge is -2.35. The summed E-state index contributed by atoms with van der Waals surface area (Å²) in [5.41, 5.74) is -1.71. The molecule has 0 spiro atoms. The van der Waals surface area contributed by atoms with Gasteiger partial charge in [0.2, 0.25) is 0 Å². The van der Waals surface area contributed by atoms with E-state index in [0.29, 0.717) is 11.3 Å². The van der Waals surface area contributed by atoms with Crippen LogP contribution in [-0.4, -0.2) is 54.4 Å². The molecule has 3 rings (SSSR count). The third-order valence-electron chi connectivity index (χ3n) is 4.07. The molecule has 9 nitrogen and oxygen atoms in total. The molecule has 0 aliphatic carbocycles. The van der Waals surface area contributed by atoms with Crippen LogP contribution in [0.2, 0.25) is 0 Å². The van der Waals surface area contributed by atoms with Crippen LogP contribution in [-0.2, 0) is 20.9 Å². The minimum absolute atomic E-state index is 0.109. The fraction of sp³-hybridized carbons (Fsp3) is 0.250. The van der Waals surface area contributed by atoms with Crippen molar-refractivity contribution in [2.24, 2.45) is 0 Å². The molecule has 13 heteroatoms. The van der Waals surface area contributed by atoms with E-state index in [2.05, 4.69) is 10.1 Å². The quantitative estimate of drug-likeness (QED) is 0.799. The van der Waals surface area contributed by atoms with Crippen LogP contribution in [0.25, 0.3) is 5.69 Å². The summed E-state index contributed by atoms with van der Waals surface area (Å²) in [4.78, 5) is 24.8. The molecule has 0 fully saturated rings.